The summed E-state index contributed by atoms with van der Waals surface area (Å²) < 4.78 is 11.4. The summed E-state index contributed by atoms with van der Waals surface area (Å²) in [6.45, 7) is 7.53. The zero-order valence-corrected chi connectivity index (χ0v) is 24.2. The van der Waals surface area contributed by atoms with E-state index in [1.807, 2.05) is 88.4 Å². The first-order valence-electron chi connectivity index (χ1n) is 14.0. The van der Waals surface area contributed by atoms with E-state index in [1.54, 1.807) is 0 Å². The molecule has 3 aromatic rings. The summed E-state index contributed by atoms with van der Waals surface area (Å²) in [5.74, 6) is -1.04. The number of nitrogens with one attached hydrogen (secondary N) is 2. The van der Waals surface area contributed by atoms with Gasteiger partial charge >= 0.3 is 11.8 Å². The minimum absolute atomic E-state index is 0.0667. The van der Waals surface area contributed by atoms with Crippen molar-refractivity contribution in [3.63, 3.8) is 0 Å². The molecule has 3 rings (SSSR count). The zero-order chi connectivity index (χ0) is 29.8. The smallest absolute Gasteiger partial charge is 0.442 e. The van der Waals surface area contributed by atoms with Gasteiger partial charge in [0.15, 0.2) is 11.6 Å². The van der Waals surface area contributed by atoms with Crippen molar-refractivity contribution in [2.24, 2.45) is 11.8 Å². The predicted octanol–water partition coefficient (Wildman–Crippen LogP) is 4.06. The van der Waals surface area contributed by atoms with Crippen LogP contribution in [0.1, 0.15) is 57.5 Å². The number of aryl methyl sites for hydroxylation is 2. The Bertz CT molecular complexity index is 1320. The molecule has 0 radical (unpaired) electrons. The second-order valence-corrected chi connectivity index (χ2v) is 11.0. The molecule has 220 valence electrons. The highest BCUT2D eigenvalue weighted by molar-refractivity contribution is 5.92. The first-order chi connectivity index (χ1) is 19.6. The van der Waals surface area contributed by atoms with Gasteiger partial charge in [0, 0.05) is 6.42 Å². The molecule has 0 saturated heterocycles. The highest BCUT2D eigenvalue weighted by Gasteiger charge is 2.29. The number of alkyl carbamates (subject to hydrolysis) is 1. The van der Waals surface area contributed by atoms with Gasteiger partial charge in [-0.1, -0.05) is 93.5 Å². The summed E-state index contributed by atoms with van der Waals surface area (Å²) in [6.07, 6.45) is 1.02. The maximum absolute atomic E-state index is 13.4. The summed E-state index contributed by atoms with van der Waals surface area (Å²) >= 11 is 0. The molecule has 2 atom stereocenters. The number of ketones is 1. The van der Waals surface area contributed by atoms with Crippen LogP contribution in [0.15, 0.2) is 70.0 Å². The molecule has 0 spiro atoms. The maximum atomic E-state index is 13.4. The van der Waals surface area contributed by atoms with E-state index in [0.29, 0.717) is 31.5 Å². The van der Waals surface area contributed by atoms with Crippen molar-refractivity contribution < 1.29 is 23.6 Å². The molecule has 10 nitrogen and oxygen atoms in total. The van der Waals surface area contributed by atoms with Crippen LogP contribution in [0.3, 0.4) is 0 Å². The third-order valence-electron chi connectivity index (χ3n) is 6.50. The second-order valence-electron chi connectivity index (χ2n) is 11.0. The molecule has 0 saturated carbocycles. The van der Waals surface area contributed by atoms with Gasteiger partial charge in [0.2, 0.25) is 5.91 Å². The van der Waals surface area contributed by atoms with E-state index in [1.165, 1.54) is 4.57 Å². The standard InChI is InChI=1S/C31H40N4O6/c1-21(2)17-25(27(36)19-35-28(34-41-31(35)39)16-15-23-11-7-5-8-12-23)32-29(37)26(18-22(3)4)33-30(38)40-20-24-13-9-6-10-14-24/h5-14,21-22,25-26H,15-20H2,1-4H3,(H,32,37)(H,33,38)/t25-,26-/m0/s1. The first kappa shape index (κ1) is 31.3. The predicted molar refractivity (Wildman–Crippen MR) is 154 cm³/mol. The zero-order valence-electron chi connectivity index (χ0n) is 24.2. The van der Waals surface area contributed by atoms with Crippen LogP contribution in [0.4, 0.5) is 4.79 Å². The van der Waals surface area contributed by atoms with Crippen molar-refractivity contribution in [1.29, 1.82) is 0 Å². The van der Waals surface area contributed by atoms with Gasteiger partial charge in [-0.2, -0.15) is 0 Å². The molecule has 0 fully saturated rings. The lowest BCUT2D eigenvalue weighted by molar-refractivity contribution is -0.129. The van der Waals surface area contributed by atoms with Gasteiger partial charge < -0.3 is 15.4 Å². The molecule has 1 heterocycles. The molecule has 0 unspecified atom stereocenters. The largest absolute Gasteiger partial charge is 0.445 e. The van der Waals surface area contributed by atoms with Gasteiger partial charge in [0.25, 0.3) is 0 Å². The first-order valence-corrected chi connectivity index (χ1v) is 14.0. The molecule has 2 N–H and O–H groups in total. The van der Waals surface area contributed by atoms with Gasteiger partial charge in [-0.05, 0) is 42.2 Å². The van der Waals surface area contributed by atoms with Crippen molar-refractivity contribution in [3.05, 3.63) is 88.2 Å². The fourth-order valence-electron chi connectivity index (χ4n) is 4.42. The number of Topliss-reactive ketones (excluding diaryl/α,β-unsaturated/α-hetero) is 1. The Hall–Kier alpha value is -4.21. The highest BCUT2D eigenvalue weighted by Crippen LogP contribution is 2.12. The fraction of sp³-hybridized carbons (Fsp3) is 0.452. The van der Waals surface area contributed by atoms with Crippen LogP contribution in [0.2, 0.25) is 0 Å². The van der Waals surface area contributed by atoms with E-state index in [9.17, 15) is 19.2 Å². The topological polar surface area (TPSA) is 133 Å². The van der Waals surface area contributed by atoms with E-state index < -0.39 is 29.8 Å². The van der Waals surface area contributed by atoms with Gasteiger partial charge in [-0.3, -0.25) is 18.7 Å². The van der Waals surface area contributed by atoms with Crippen LogP contribution in [0.5, 0.6) is 0 Å². The highest BCUT2D eigenvalue weighted by atomic mass is 16.5. The maximum Gasteiger partial charge on any atom is 0.442 e. The van der Waals surface area contributed by atoms with E-state index in [0.717, 1.165) is 11.1 Å². The van der Waals surface area contributed by atoms with Crippen LogP contribution >= 0.6 is 0 Å². The average Bonchev–Trinajstić information content (AvgIpc) is 3.29. The Kier molecular flexibility index (Phi) is 11.9. The van der Waals surface area contributed by atoms with Crippen molar-refractivity contribution in [1.82, 2.24) is 20.4 Å². The molecular formula is C31H40N4O6. The molecule has 0 aliphatic rings. The van der Waals surface area contributed by atoms with Gasteiger partial charge in [-0.15, -0.1) is 0 Å². The van der Waals surface area contributed by atoms with E-state index in [-0.39, 0.29) is 30.8 Å². The third kappa shape index (κ3) is 10.4. The van der Waals surface area contributed by atoms with Crippen molar-refractivity contribution in [3.8, 4) is 0 Å². The Morgan fingerprint density at radius 2 is 1.41 bits per heavy atom. The molecule has 0 aliphatic carbocycles. The van der Waals surface area contributed by atoms with Crippen molar-refractivity contribution in [2.45, 2.75) is 78.6 Å². The lowest BCUT2D eigenvalue weighted by Gasteiger charge is -2.25. The van der Waals surface area contributed by atoms with E-state index >= 15 is 0 Å². The number of amides is 2. The van der Waals surface area contributed by atoms with Crippen molar-refractivity contribution >= 4 is 17.8 Å². The minimum atomic E-state index is -0.902. The fourth-order valence-corrected chi connectivity index (χ4v) is 4.42. The van der Waals surface area contributed by atoms with E-state index in [4.69, 9.17) is 9.26 Å². The SMILES string of the molecule is CC(C)C[C@H](NC(=O)[C@H](CC(C)C)NC(=O)OCc1ccccc1)C(=O)Cn1c(CCc2ccccc2)noc1=O. The van der Waals surface area contributed by atoms with Gasteiger partial charge in [0.1, 0.15) is 12.6 Å². The Morgan fingerprint density at radius 1 is 0.829 bits per heavy atom. The normalized spacial score (nSPS) is 12.6. The number of benzene rings is 2. The van der Waals surface area contributed by atoms with Crippen LogP contribution in [0.25, 0.3) is 0 Å². The molecule has 0 aliphatic heterocycles. The van der Waals surface area contributed by atoms with Crippen LogP contribution in [-0.4, -0.2) is 39.6 Å². The lowest BCUT2D eigenvalue weighted by Crippen LogP contribution is -2.53. The van der Waals surface area contributed by atoms with Crippen LogP contribution in [0, 0.1) is 11.8 Å². The number of carbonyl (C=O) groups excluding carboxylic acids is 3. The number of carbonyl (C=O) groups is 3. The Balaban J connectivity index is 1.67. The summed E-state index contributed by atoms with van der Waals surface area (Å²) in [4.78, 5) is 51.7. The summed E-state index contributed by atoms with van der Waals surface area (Å²) in [7, 11) is 0. The number of hydrogen-bond acceptors (Lipinski definition) is 7. The van der Waals surface area contributed by atoms with Crippen LogP contribution < -0.4 is 16.4 Å². The molecule has 0 bridgehead atoms. The number of rotatable bonds is 15. The molecular weight excluding hydrogens is 524 g/mol. The molecule has 41 heavy (non-hydrogen) atoms. The molecule has 2 aromatic carbocycles. The number of hydrogen-bond donors (Lipinski definition) is 2. The Labute approximate surface area is 240 Å². The summed E-state index contributed by atoms with van der Waals surface area (Å²) in [6, 6.07) is 17.2. The number of nitrogens with zero attached hydrogens (tertiary/aromatic N) is 2. The van der Waals surface area contributed by atoms with Crippen molar-refractivity contribution in [2.75, 3.05) is 0 Å². The summed E-state index contributed by atoms with van der Waals surface area (Å²) in [5.41, 5.74) is 1.89. The number of aromatic nitrogens is 2. The average molecular weight is 565 g/mol. The Morgan fingerprint density at radius 3 is 2.02 bits per heavy atom. The third-order valence-corrected chi connectivity index (χ3v) is 6.50. The van der Waals surface area contributed by atoms with Gasteiger partial charge in [-0.25, -0.2) is 9.59 Å². The lowest BCUT2D eigenvalue weighted by atomic mass is 9.98. The number of ether oxygens (including phenoxy) is 1. The molecule has 1 aromatic heterocycles. The summed E-state index contributed by atoms with van der Waals surface area (Å²) in [5, 5.41) is 9.34. The molecule has 10 heteroatoms. The minimum Gasteiger partial charge on any atom is -0.445 e. The monoisotopic (exact) mass is 564 g/mol. The van der Waals surface area contributed by atoms with Crippen LogP contribution in [-0.2, 0) is 40.3 Å². The second kappa shape index (κ2) is 15.5. The quantitative estimate of drug-likeness (QED) is 0.284. The molecule has 2 amide bonds. The van der Waals surface area contributed by atoms with E-state index in [2.05, 4.69) is 15.8 Å². The van der Waals surface area contributed by atoms with Gasteiger partial charge in [0.05, 0.1) is 12.6 Å².